The number of hydrogen-bond donors (Lipinski definition) is 1. The molecule has 0 bridgehead atoms. The van der Waals surface area contributed by atoms with Crippen molar-refractivity contribution in [2.75, 3.05) is 11.5 Å². The Morgan fingerprint density at radius 1 is 1.14 bits per heavy atom. The molecule has 1 aliphatic rings. The van der Waals surface area contributed by atoms with E-state index in [9.17, 15) is 19.5 Å². The van der Waals surface area contributed by atoms with Crippen molar-refractivity contribution in [2.45, 2.75) is 19.9 Å². The molecule has 1 heterocycles. The fourth-order valence-corrected chi connectivity index (χ4v) is 3.30. The van der Waals surface area contributed by atoms with Gasteiger partial charge in [-0.3, -0.25) is 4.90 Å². The van der Waals surface area contributed by atoms with Gasteiger partial charge in [0.05, 0.1) is 29.9 Å². The number of nitrogens with zero attached hydrogens (tertiary/aromatic N) is 1. The highest BCUT2D eigenvalue weighted by Crippen LogP contribution is 2.34. The Hall–Kier alpha value is -3.32. The molecule has 0 aliphatic carbocycles. The Labute approximate surface area is 172 Å². The van der Waals surface area contributed by atoms with E-state index >= 15 is 0 Å². The molecule has 1 N–H and O–H groups in total. The van der Waals surface area contributed by atoms with Gasteiger partial charge < -0.3 is 20.0 Å². The third-order valence-electron chi connectivity index (χ3n) is 4.54. The number of nitrogens with one attached hydrogen (secondary N) is 1. The third-order valence-corrected chi connectivity index (χ3v) is 4.80. The highest BCUT2D eigenvalue weighted by atomic mass is 35.5. The lowest BCUT2D eigenvalue weighted by atomic mass is 9.94. The number of allylic oxidation sites excluding steroid dienone is 1. The van der Waals surface area contributed by atoms with E-state index in [1.165, 1.54) is 29.2 Å². The van der Waals surface area contributed by atoms with E-state index in [-0.39, 0.29) is 17.7 Å². The van der Waals surface area contributed by atoms with Crippen LogP contribution < -0.4 is 15.3 Å². The summed E-state index contributed by atoms with van der Waals surface area (Å²) in [5.74, 6) is -1.87. The summed E-state index contributed by atoms with van der Waals surface area (Å²) >= 11 is 5.95. The van der Waals surface area contributed by atoms with E-state index in [4.69, 9.17) is 16.3 Å². The van der Waals surface area contributed by atoms with Crippen LogP contribution in [0.2, 0.25) is 5.02 Å². The molecule has 0 unspecified atom stereocenters. The highest BCUT2D eigenvalue weighted by Gasteiger charge is 2.37. The molecule has 150 valence electrons. The van der Waals surface area contributed by atoms with Crippen LogP contribution in [0.5, 0.6) is 0 Å². The summed E-state index contributed by atoms with van der Waals surface area (Å²) in [5, 5.41) is 14.3. The minimum Gasteiger partial charge on any atom is -0.545 e. The first-order chi connectivity index (χ1) is 13.8. The molecule has 0 aromatic heterocycles. The Morgan fingerprint density at radius 3 is 2.31 bits per heavy atom. The van der Waals surface area contributed by atoms with Gasteiger partial charge in [0.15, 0.2) is 0 Å². The topological polar surface area (TPSA) is 98.8 Å². The second-order valence-corrected chi connectivity index (χ2v) is 6.76. The Morgan fingerprint density at radius 2 is 1.76 bits per heavy atom. The van der Waals surface area contributed by atoms with E-state index in [1.54, 1.807) is 38.1 Å². The molecular formula is C21H18ClN2O5-. The Bertz CT molecular complexity index is 983. The van der Waals surface area contributed by atoms with Crippen LogP contribution in [-0.2, 0) is 9.53 Å². The van der Waals surface area contributed by atoms with Gasteiger partial charge in [-0.1, -0.05) is 35.9 Å². The molecule has 0 saturated carbocycles. The molecular weight excluding hydrogens is 396 g/mol. The largest absolute Gasteiger partial charge is 0.545 e. The number of ether oxygens (including phenoxy) is 1. The molecule has 1 atom stereocenters. The number of benzene rings is 2. The van der Waals surface area contributed by atoms with Crippen LogP contribution in [-0.4, -0.2) is 24.6 Å². The fourth-order valence-electron chi connectivity index (χ4n) is 3.18. The maximum absolute atomic E-state index is 12.9. The van der Waals surface area contributed by atoms with E-state index in [2.05, 4.69) is 5.32 Å². The molecule has 2 aromatic rings. The van der Waals surface area contributed by atoms with Gasteiger partial charge in [-0.05, 0) is 49.2 Å². The first kappa shape index (κ1) is 20.4. The highest BCUT2D eigenvalue weighted by molar-refractivity contribution is 6.30. The van der Waals surface area contributed by atoms with Gasteiger partial charge in [0.1, 0.15) is 0 Å². The van der Waals surface area contributed by atoms with Crippen LogP contribution in [0.15, 0.2) is 59.8 Å². The molecule has 0 fully saturated rings. The molecule has 1 aliphatic heterocycles. The molecule has 29 heavy (non-hydrogen) atoms. The number of amides is 2. The summed E-state index contributed by atoms with van der Waals surface area (Å²) in [4.78, 5) is 37.9. The second kappa shape index (κ2) is 8.36. The predicted molar refractivity (Wildman–Crippen MR) is 105 cm³/mol. The minimum absolute atomic E-state index is 0.0162. The normalized spacial score (nSPS) is 16.4. The van der Waals surface area contributed by atoms with Crippen LogP contribution in [0.4, 0.5) is 10.5 Å². The maximum atomic E-state index is 12.9. The molecule has 3 rings (SSSR count). The predicted octanol–water partition coefficient (Wildman–Crippen LogP) is 2.81. The zero-order valence-corrected chi connectivity index (χ0v) is 16.5. The number of carbonyl (C=O) groups excluding carboxylic acids is 3. The van der Waals surface area contributed by atoms with Crippen molar-refractivity contribution in [2.24, 2.45) is 0 Å². The lowest BCUT2D eigenvalue weighted by molar-refractivity contribution is -0.255. The number of anilines is 1. The van der Waals surface area contributed by atoms with E-state index in [0.717, 1.165) is 0 Å². The lowest BCUT2D eigenvalue weighted by Gasteiger charge is -2.35. The van der Waals surface area contributed by atoms with Crippen LogP contribution >= 0.6 is 11.6 Å². The van der Waals surface area contributed by atoms with Crippen molar-refractivity contribution in [3.05, 3.63) is 76.0 Å². The van der Waals surface area contributed by atoms with Crippen molar-refractivity contribution >= 4 is 35.3 Å². The van der Waals surface area contributed by atoms with E-state index in [0.29, 0.717) is 22.0 Å². The second-order valence-electron chi connectivity index (χ2n) is 6.32. The number of esters is 1. The van der Waals surface area contributed by atoms with Gasteiger partial charge in [-0.25, -0.2) is 9.59 Å². The number of hydrogen-bond acceptors (Lipinski definition) is 5. The monoisotopic (exact) mass is 413 g/mol. The number of aromatic carboxylic acids is 1. The Balaban J connectivity index is 2.09. The number of carbonyl (C=O) groups is 3. The molecule has 0 spiro atoms. The average molecular weight is 414 g/mol. The summed E-state index contributed by atoms with van der Waals surface area (Å²) in [7, 11) is 0. The maximum Gasteiger partial charge on any atom is 0.338 e. The van der Waals surface area contributed by atoms with Gasteiger partial charge in [0.25, 0.3) is 0 Å². The van der Waals surface area contributed by atoms with Crippen LogP contribution in [0.1, 0.15) is 35.8 Å². The van der Waals surface area contributed by atoms with Crippen LogP contribution in [0, 0.1) is 0 Å². The zero-order valence-electron chi connectivity index (χ0n) is 15.8. The van der Waals surface area contributed by atoms with Gasteiger partial charge in [-0.2, -0.15) is 0 Å². The molecule has 7 nitrogen and oxygen atoms in total. The third kappa shape index (κ3) is 4.09. The number of rotatable bonds is 5. The number of halogens is 1. The quantitative estimate of drug-likeness (QED) is 0.760. The zero-order chi connectivity index (χ0) is 21.1. The molecule has 0 saturated heterocycles. The van der Waals surface area contributed by atoms with E-state index < -0.39 is 24.0 Å². The summed E-state index contributed by atoms with van der Waals surface area (Å²) in [6.45, 7) is 3.51. The molecule has 2 aromatic carbocycles. The first-order valence-electron chi connectivity index (χ1n) is 8.88. The van der Waals surface area contributed by atoms with E-state index in [1.807, 2.05) is 0 Å². The van der Waals surface area contributed by atoms with Crippen molar-refractivity contribution < 1.29 is 24.2 Å². The van der Waals surface area contributed by atoms with Gasteiger partial charge in [0.2, 0.25) is 0 Å². The summed E-state index contributed by atoms with van der Waals surface area (Å²) < 4.78 is 5.21. The first-order valence-corrected chi connectivity index (χ1v) is 9.26. The number of urea groups is 1. The summed E-state index contributed by atoms with van der Waals surface area (Å²) in [6, 6.07) is 11.2. The Kier molecular flexibility index (Phi) is 5.89. The van der Waals surface area contributed by atoms with Crippen molar-refractivity contribution in [3.63, 3.8) is 0 Å². The van der Waals surface area contributed by atoms with Crippen LogP contribution in [0.25, 0.3) is 0 Å². The minimum atomic E-state index is -1.32. The molecule has 0 radical (unpaired) electrons. The standard InChI is InChI=1S/C21H19ClN2O5/c1-3-29-20(27)17-12(2)24(16-10-6-14(7-11-16)19(25)26)21(28)23-18(17)13-4-8-15(22)9-5-13/h4-11,18H,3H2,1-2H3,(H,23,28)(H,25,26)/p-1/t18-/m1/s1. The summed E-state index contributed by atoms with van der Waals surface area (Å²) in [5.41, 5.74) is 1.72. The fraction of sp³-hybridized carbons (Fsp3) is 0.190. The number of carboxylic acid groups (broad SMARTS) is 1. The van der Waals surface area contributed by atoms with Crippen LogP contribution in [0.3, 0.4) is 0 Å². The van der Waals surface area contributed by atoms with Crippen molar-refractivity contribution in [1.29, 1.82) is 0 Å². The molecule has 2 amide bonds. The van der Waals surface area contributed by atoms with Crippen molar-refractivity contribution in [1.82, 2.24) is 5.32 Å². The number of carboxylic acids is 1. The lowest BCUT2D eigenvalue weighted by Crippen LogP contribution is -2.48. The van der Waals surface area contributed by atoms with Gasteiger partial charge in [0, 0.05) is 10.7 Å². The van der Waals surface area contributed by atoms with Gasteiger partial charge in [-0.15, -0.1) is 0 Å². The SMILES string of the molecule is CCOC(=O)C1=C(C)N(c2ccc(C(=O)[O-])cc2)C(=O)N[C@@H]1c1ccc(Cl)cc1. The van der Waals surface area contributed by atoms with Gasteiger partial charge >= 0.3 is 12.0 Å². The van der Waals surface area contributed by atoms with Crippen molar-refractivity contribution in [3.8, 4) is 0 Å². The summed E-state index contributed by atoms with van der Waals surface area (Å²) in [6.07, 6.45) is 0. The smallest absolute Gasteiger partial charge is 0.338 e. The average Bonchev–Trinajstić information content (AvgIpc) is 2.68. The molecule has 8 heteroatoms.